The van der Waals surface area contributed by atoms with Crippen molar-refractivity contribution in [2.75, 3.05) is 14.2 Å². The maximum atomic E-state index is 7.00. The van der Waals surface area contributed by atoms with Crippen molar-refractivity contribution in [1.29, 1.82) is 0 Å². The van der Waals surface area contributed by atoms with Gasteiger partial charge in [0, 0.05) is 12.9 Å². The molecule has 0 saturated carbocycles. The van der Waals surface area contributed by atoms with Crippen LogP contribution in [-0.2, 0) is 5.41 Å². The number of rotatable bonds is 1. The fraction of sp³-hybridized carbons (Fsp3) is 0.538. The van der Waals surface area contributed by atoms with Crippen LogP contribution < -0.4 is 4.74 Å². The molecule has 1 aromatic rings. The van der Waals surface area contributed by atoms with Crippen LogP contribution in [0.3, 0.4) is 0 Å². The first kappa shape index (κ1) is 22.4. The molecule has 1 aromatic carbocycles. The van der Waals surface area contributed by atoms with E-state index in [0.717, 1.165) is 12.9 Å². The first-order chi connectivity index (χ1) is 6.95. The van der Waals surface area contributed by atoms with Gasteiger partial charge in [0.15, 0.2) is 0 Å². The number of benzene rings is 1. The normalized spacial score (nSPS) is 9.12. The van der Waals surface area contributed by atoms with Gasteiger partial charge in [-0.15, -0.1) is 28.6 Å². The Bertz CT molecular complexity index is 309. The average molecular weight is 315 g/mol. The molecule has 0 amide bonds. The minimum absolute atomic E-state index is 0. The van der Waals surface area contributed by atoms with Gasteiger partial charge in [0.1, 0.15) is 0 Å². The van der Waals surface area contributed by atoms with Gasteiger partial charge in [0.05, 0.1) is 7.11 Å². The van der Waals surface area contributed by atoms with Crippen LogP contribution >= 0.6 is 17.0 Å². The van der Waals surface area contributed by atoms with Crippen molar-refractivity contribution >= 4 is 40.0 Å². The quantitative estimate of drug-likeness (QED) is 0.638. The summed E-state index contributed by atoms with van der Waals surface area (Å²) in [5, 5.41) is 7.00. The van der Waals surface area contributed by atoms with Gasteiger partial charge in [-0.05, 0) is 0 Å². The van der Waals surface area contributed by atoms with Crippen LogP contribution in [0.4, 0.5) is 0 Å². The van der Waals surface area contributed by atoms with E-state index in [9.17, 15) is 0 Å². The molecule has 0 aliphatic rings. The predicted molar refractivity (Wildman–Crippen MR) is 79.5 cm³/mol. The predicted octanol–water partition coefficient (Wildman–Crippen LogP) is 2.91. The summed E-state index contributed by atoms with van der Waals surface area (Å²) in [5.41, 5.74) is 2.56. The van der Waals surface area contributed by atoms with Crippen molar-refractivity contribution in [3.05, 3.63) is 29.3 Å². The molecule has 4 heteroatoms. The molecular formula is C13H22BrMgO2+. The number of aryl methyl sites for hydroxylation is 1. The Balaban J connectivity index is -0.000000464. The van der Waals surface area contributed by atoms with Crippen molar-refractivity contribution in [1.82, 2.24) is 0 Å². The molecule has 0 unspecified atom stereocenters. The molecule has 1 N–H and O–H groups in total. The first-order valence-electron chi connectivity index (χ1n) is 4.96. The molecular weight excluding hydrogens is 292 g/mol. The van der Waals surface area contributed by atoms with Crippen LogP contribution in [0.2, 0.25) is 0 Å². The van der Waals surface area contributed by atoms with E-state index in [2.05, 4.69) is 39.8 Å². The van der Waals surface area contributed by atoms with Crippen LogP contribution in [0.1, 0.15) is 31.9 Å². The Hall–Kier alpha value is 0.226. The van der Waals surface area contributed by atoms with Crippen LogP contribution in [0.15, 0.2) is 12.1 Å². The Labute approximate surface area is 132 Å². The van der Waals surface area contributed by atoms with Crippen LogP contribution in [-0.4, -0.2) is 42.4 Å². The molecule has 0 fully saturated rings. The summed E-state index contributed by atoms with van der Waals surface area (Å²) in [5.74, 6) is 0.859. The Kier molecular flexibility index (Phi) is 13.4. The molecule has 0 bridgehead atoms. The summed E-state index contributed by atoms with van der Waals surface area (Å²) in [7, 11) is 2.69. The van der Waals surface area contributed by atoms with E-state index >= 15 is 0 Å². The number of halogens is 1. The minimum atomic E-state index is 0. The number of methoxy groups -OCH3 is 1. The maximum Gasteiger partial charge on any atom is 2.00 e. The van der Waals surface area contributed by atoms with Gasteiger partial charge < -0.3 is 9.84 Å². The largest absolute Gasteiger partial charge is 2.00 e. The zero-order valence-electron chi connectivity index (χ0n) is 11.6. The maximum absolute atomic E-state index is 7.00. The topological polar surface area (TPSA) is 29.5 Å². The fourth-order valence-corrected chi connectivity index (χ4v) is 1.32. The summed E-state index contributed by atoms with van der Waals surface area (Å²) in [6, 6.07) is 7.25. The fourth-order valence-electron chi connectivity index (χ4n) is 1.32. The van der Waals surface area contributed by atoms with Crippen LogP contribution in [0.25, 0.3) is 0 Å². The molecule has 0 spiro atoms. The van der Waals surface area contributed by atoms with E-state index in [-0.39, 0.29) is 45.4 Å². The molecule has 0 atom stereocenters. The zero-order valence-corrected chi connectivity index (χ0v) is 14.8. The molecule has 0 aliphatic carbocycles. The molecule has 0 aromatic heterocycles. The molecule has 94 valence electrons. The molecule has 0 saturated heterocycles. The summed E-state index contributed by atoms with van der Waals surface area (Å²) < 4.78 is 5.27. The number of aliphatic hydroxyl groups excluding tert-OH is 1. The van der Waals surface area contributed by atoms with E-state index in [4.69, 9.17) is 9.84 Å². The van der Waals surface area contributed by atoms with Crippen molar-refractivity contribution < 1.29 is 9.84 Å². The number of aliphatic hydroxyl groups is 1. The molecule has 0 aliphatic heterocycles. The van der Waals surface area contributed by atoms with Gasteiger partial charge in [0.25, 0.3) is 0 Å². The molecule has 2 nitrogen and oxygen atoms in total. The first-order valence-corrected chi connectivity index (χ1v) is 4.96. The molecule has 0 radical (unpaired) electrons. The molecule has 0 heterocycles. The summed E-state index contributed by atoms with van der Waals surface area (Å²) >= 11 is 0. The van der Waals surface area contributed by atoms with Gasteiger partial charge >= 0.3 is 23.1 Å². The summed E-state index contributed by atoms with van der Waals surface area (Å²) in [4.78, 5) is 0. The van der Waals surface area contributed by atoms with Crippen molar-refractivity contribution in [3.63, 3.8) is 0 Å². The average Bonchev–Trinajstić information content (AvgIpc) is 2.19. The van der Waals surface area contributed by atoms with E-state index in [1.807, 2.05) is 6.07 Å². The summed E-state index contributed by atoms with van der Waals surface area (Å²) in [6.45, 7) is 8.61. The van der Waals surface area contributed by atoms with E-state index in [0.29, 0.717) is 0 Å². The van der Waals surface area contributed by atoms with E-state index in [1.54, 1.807) is 7.11 Å². The second-order valence-corrected chi connectivity index (χ2v) is 4.37. The molecule has 1 rings (SSSR count). The third-order valence-corrected chi connectivity index (χ3v) is 2.06. The van der Waals surface area contributed by atoms with Crippen molar-refractivity contribution in [3.8, 4) is 5.75 Å². The third-order valence-electron chi connectivity index (χ3n) is 2.06. The second-order valence-electron chi connectivity index (χ2n) is 4.37. The van der Waals surface area contributed by atoms with Crippen molar-refractivity contribution in [2.24, 2.45) is 0 Å². The van der Waals surface area contributed by atoms with E-state index in [1.165, 1.54) is 11.1 Å². The third kappa shape index (κ3) is 7.29. The standard InChI is InChI=1S/C12H17O.CH4O.BrH.Mg/c1-9-6-7-11(13-5)10(8-9)12(2,3)4;1-2;;/h6,8H,1-5H3;2H,1H3;1H;/q-1;;;+2. The van der Waals surface area contributed by atoms with Gasteiger partial charge in [-0.3, -0.25) is 0 Å². The van der Waals surface area contributed by atoms with Gasteiger partial charge in [-0.1, -0.05) is 33.1 Å². The van der Waals surface area contributed by atoms with Gasteiger partial charge in [0.2, 0.25) is 0 Å². The second kappa shape index (κ2) is 10.2. The smallest absolute Gasteiger partial charge is 0.522 e. The number of hydrogen-bond acceptors (Lipinski definition) is 2. The number of hydrogen-bond donors (Lipinski definition) is 1. The zero-order chi connectivity index (χ0) is 12.1. The van der Waals surface area contributed by atoms with Crippen molar-refractivity contribution in [2.45, 2.75) is 33.1 Å². The van der Waals surface area contributed by atoms with Crippen LogP contribution in [0, 0.1) is 13.0 Å². The Morgan fingerprint density at radius 2 is 1.71 bits per heavy atom. The van der Waals surface area contributed by atoms with Gasteiger partial charge in [-0.2, -0.15) is 17.7 Å². The minimum Gasteiger partial charge on any atom is -0.522 e. The Morgan fingerprint density at radius 1 is 1.24 bits per heavy atom. The SMILES string of the molecule is Br.CO.COc1[c-]cc(C)cc1C(C)(C)C.[Mg+2]. The Morgan fingerprint density at radius 3 is 2.06 bits per heavy atom. The van der Waals surface area contributed by atoms with Crippen LogP contribution in [0.5, 0.6) is 5.75 Å². The van der Waals surface area contributed by atoms with Gasteiger partial charge in [-0.25, -0.2) is 0 Å². The summed E-state index contributed by atoms with van der Waals surface area (Å²) in [6.07, 6.45) is 0. The number of ether oxygens (including phenoxy) is 1. The monoisotopic (exact) mass is 313 g/mol. The molecule has 17 heavy (non-hydrogen) atoms. The van der Waals surface area contributed by atoms with E-state index < -0.39 is 0 Å².